The lowest BCUT2D eigenvalue weighted by molar-refractivity contribution is 0.598. The van der Waals surface area contributed by atoms with E-state index in [1.54, 1.807) is 5.56 Å². The minimum atomic E-state index is -0.258. The van der Waals surface area contributed by atoms with E-state index in [0.717, 1.165) is 19.3 Å². The molecule has 0 atom stereocenters. The predicted molar refractivity (Wildman–Crippen MR) is 319 cm³/mol. The Kier molecular flexibility index (Phi) is 8.20. The molecule has 0 spiro atoms. The molecule has 0 bridgehead atoms. The van der Waals surface area contributed by atoms with Crippen LogP contribution in [0.5, 0.6) is 0 Å². The summed E-state index contributed by atoms with van der Waals surface area (Å²) in [4.78, 5) is 0. The summed E-state index contributed by atoms with van der Waals surface area (Å²) in [6.45, 7) is 27.8. The van der Waals surface area contributed by atoms with Crippen LogP contribution in [0.2, 0.25) is 0 Å². The predicted octanol–water partition coefficient (Wildman–Crippen LogP) is 18.3. The highest BCUT2D eigenvalue weighted by Crippen LogP contribution is 2.69. The van der Waals surface area contributed by atoms with Gasteiger partial charge in [0.1, 0.15) is 0 Å². The van der Waals surface area contributed by atoms with Gasteiger partial charge in [-0.2, -0.15) is 0 Å². The van der Waals surface area contributed by atoms with Gasteiger partial charge in [0.25, 0.3) is 0 Å². The summed E-state index contributed by atoms with van der Waals surface area (Å²) >= 11 is 0. The molecule has 0 heteroatoms. The summed E-state index contributed by atoms with van der Waals surface area (Å²) in [5, 5.41) is 11.1. The molecule has 10 aromatic carbocycles. The molecule has 0 radical (unpaired) electrons. The average molecular weight is 965 g/mol. The molecule has 6 aliphatic carbocycles. The van der Waals surface area contributed by atoms with Gasteiger partial charge in [-0.25, -0.2) is 0 Å². The van der Waals surface area contributed by atoms with Crippen LogP contribution in [0.1, 0.15) is 150 Å². The van der Waals surface area contributed by atoms with Crippen molar-refractivity contribution < 1.29 is 0 Å². The number of fused-ring (bicyclic) bond motifs is 17. The Hall–Kier alpha value is -7.28. The molecule has 16 rings (SSSR count). The minimum absolute atomic E-state index is 0.205. The van der Waals surface area contributed by atoms with E-state index in [4.69, 9.17) is 0 Å². The van der Waals surface area contributed by atoms with Gasteiger partial charge in [-0.1, -0.05) is 198 Å². The third-order valence-corrected chi connectivity index (χ3v) is 20.5. The maximum Gasteiger partial charge on any atom is 0.0162 e. The number of rotatable bonds is 3. The van der Waals surface area contributed by atoms with Crippen LogP contribution in [0.25, 0.3) is 111 Å². The van der Waals surface area contributed by atoms with Gasteiger partial charge in [0, 0.05) is 27.1 Å². The number of hydrogen-bond acceptors (Lipinski definition) is 0. The molecule has 0 heterocycles. The van der Waals surface area contributed by atoms with E-state index >= 15 is 0 Å². The Morgan fingerprint density at radius 3 is 1.53 bits per heavy atom. The van der Waals surface area contributed by atoms with Gasteiger partial charge in [-0.3, -0.25) is 0 Å². The lowest BCUT2D eigenvalue weighted by Crippen LogP contribution is -2.28. The van der Waals surface area contributed by atoms with Crippen molar-refractivity contribution >= 4 is 44.5 Å². The van der Waals surface area contributed by atoms with E-state index in [1.807, 2.05) is 0 Å². The van der Waals surface area contributed by atoms with E-state index in [2.05, 4.69) is 228 Å². The van der Waals surface area contributed by atoms with Gasteiger partial charge in [-0.05, 0) is 220 Å². The first-order valence-electron chi connectivity index (χ1n) is 28.1. The largest absolute Gasteiger partial charge is 0.0763 e. The summed E-state index contributed by atoms with van der Waals surface area (Å²) in [5.41, 5.74) is 32.3. The first kappa shape index (κ1) is 44.1. The Balaban J connectivity index is 0.941. The van der Waals surface area contributed by atoms with Crippen molar-refractivity contribution in [3.05, 3.63) is 211 Å². The van der Waals surface area contributed by atoms with Crippen LogP contribution >= 0.6 is 0 Å². The molecule has 0 saturated heterocycles. The first-order valence-corrected chi connectivity index (χ1v) is 28.1. The summed E-state index contributed by atoms with van der Waals surface area (Å²) < 4.78 is 0. The topological polar surface area (TPSA) is 0 Å². The van der Waals surface area contributed by atoms with Crippen LogP contribution in [0.3, 0.4) is 0 Å². The summed E-state index contributed by atoms with van der Waals surface area (Å²) in [5.74, 6) is 0. The maximum atomic E-state index is 2.71. The lowest BCUT2D eigenvalue weighted by atomic mass is 9.66. The van der Waals surface area contributed by atoms with Gasteiger partial charge < -0.3 is 0 Å². The van der Waals surface area contributed by atoms with Crippen molar-refractivity contribution in [2.45, 2.75) is 122 Å². The van der Waals surface area contributed by atoms with Crippen LogP contribution in [-0.2, 0) is 33.5 Å². The SMILES string of the molecule is CCc1cc(-c2cccc3c2=CCCC=3)cc2c1-c1c(c3c(c4ccccc14)-c1cc4c(cc1C3(C)C)-c1c(c3c5c6c(cccc16)C(C)(C)c1cc(-c6cccc7ccccc67)cc(c1-5)C3(C)C)C4(C)C)C2(C)C. The lowest BCUT2D eigenvalue weighted by Gasteiger charge is -2.36. The van der Waals surface area contributed by atoms with Crippen LogP contribution in [0.15, 0.2) is 140 Å². The average Bonchev–Trinajstić information content (AvgIpc) is 4.19. The molecule has 75 heavy (non-hydrogen) atoms. The zero-order valence-electron chi connectivity index (χ0n) is 45.6. The fourth-order valence-corrected chi connectivity index (χ4v) is 17.0. The molecule has 6 aliphatic rings. The van der Waals surface area contributed by atoms with Gasteiger partial charge >= 0.3 is 0 Å². The summed E-state index contributed by atoms with van der Waals surface area (Å²) in [6, 6.07) is 55.2. The molecule has 0 aromatic heterocycles. The van der Waals surface area contributed by atoms with Crippen molar-refractivity contribution in [1.29, 1.82) is 0 Å². The molecule has 0 nitrogen and oxygen atoms in total. The fourth-order valence-electron chi connectivity index (χ4n) is 17.0. The van der Waals surface area contributed by atoms with Crippen LogP contribution in [0, 0.1) is 0 Å². The first-order chi connectivity index (χ1) is 36.0. The Labute approximate surface area is 442 Å². The van der Waals surface area contributed by atoms with Crippen molar-refractivity contribution in [2.75, 3.05) is 0 Å². The van der Waals surface area contributed by atoms with E-state index in [1.165, 1.54) is 165 Å². The zero-order chi connectivity index (χ0) is 51.2. The van der Waals surface area contributed by atoms with E-state index in [0.29, 0.717) is 0 Å². The molecule has 0 fully saturated rings. The normalized spacial score (nSPS) is 18.0. The van der Waals surface area contributed by atoms with Crippen LogP contribution in [0.4, 0.5) is 0 Å². The second-order valence-corrected chi connectivity index (χ2v) is 26.0. The number of benzene rings is 10. The molecule has 10 aromatic rings. The molecule has 0 saturated carbocycles. The van der Waals surface area contributed by atoms with Crippen molar-refractivity contribution in [2.24, 2.45) is 0 Å². The molecular formula is C75H64. The minimum Gasteiger partial charge on any atom is -0.0763 e. The zero-order valence-corrected chi connectivity index (χ0v) is 45.6. The van der Waals surface area contributed by atoms with Gasteiger partial charge in [0.05, 0.1) is 0 Å². The molecule has 0 N–H and O–H groups in total. The third kappa shape index (κ3) is 5.12. The van der Waals surface area contributed by atoms with Gasteiger partial charge in [-0.15, -0.1) is 0 Å². The second-order valence-electron chi connectivity index (χ2n) is 26.0. The molecule has 0 aliphatic heterocycles. The van der Waals surface area contributed by atoms with Crippen molar-refractivity contribution in [3.63, 3.8) is 0 Å². The summed E-state index contributed by atoms with van der Waals surface area (Å²) in [6.07, 6.45) is 8.11. The van der Waals surface area contributed by atoms with Gasteiger partial charge in [0.15, 0.2) is 0 Å². The fraction of sp³-hybridized carbons (Fsp3) is 0.253. The monoisotopic (exact) mass is 965 g/mol. The number of aryl methyl sites for hydroxylation is 1. The standard InChI is InChI=1S/C75H64/c1-12-40-34-43(47-30-19-24-41-22-13-15-26-45(41)47)35-57-60(40)64-50-29-18-17-28-49(50)61-52-38-56-53(39-55(52)72(4,5)67(61)69(64)74(57,8)9)62-51-32-21-33-54-63(51)66-65-58(71(54,2)3)36-44(48-31-20-25-42-23-14-16-27-46(42)48)37-59(65)75(10,11)70(66)68(62)73(56,6)7/h14,16-39H,12-13,15H2,1-11H3. The smallest absolute Gasteiger partial charge is 0.0162 e. The Morgan fingerprint density at radius 1 is 0.347 bits per heavy atom. The van der Waals surface area contributed by atoms with Crippen LogP contribution < -0.4 is 10.4 Å². The second kappa shape index (κ2) is 14.0. The Morgan fingerprint density at radius 2 is 0.840 bits per heavy atom. The van der Waals surface area contributed by atoms with Gasteiger partial charge in [0.2, 0.25) is 0 Å². The van der Waals surface area contributed by atoms with Crippen molar-refractivity contribution in [3.8, 4) is 66.8 Å². The maximum absolute atomic E-state index is 2.71. The highest BCUT2D eigenvalue weighted by molar-refractivity contribution is 6.18. The van der Waals surface area contributed by atoms with E-state index in [-0.39, 0.29) is 27.1 Å². The van der Waals surface area contributed by atoms with Crippen LogP contribution in [-0.4, -0.2) is 0 Å². The molecular weight excluding hydrogens is 901 g/mol. The number of hydrogen-bond donors (Lipinski definition) is 0. The molecule has 0 unspecified atom stereocenters. The molecule has 0 amide bonds. The highest BCUT2D eigenvalue weighted by atomic mass is 14.6. The van der Waals surface area contributed by atoms with E-state index in [9.17, 15) is 0 Å². The quantitative estimate of drug-likeness (QED) is 0.166. The summed E-state index contributed by atoms with van der Waals surface area (Å²) in [7, 11) is 0. The van der Waals surface area contributed by atoms with Crippen molar-refractivity contribution in [1.82, 2.24) is 0 Å². The van der Waals surface area contributed by atoms with E-state index < -0.39 is 0 Å². The third-order valence-electron chi connectivity index (χ3n) is 20.5. The highest BCUT2D eigenvalue weighted by Gasteiger charge is 2.54. The Bertz CT molecular complexity index is 4510. The molecule has 364 valence electrons.